The summed E-state index contributed by atoms with van der Waals surface area (Å²) in [5, 5.41) is 2.06. The molecule has 0 amide bonds. The van der Waals surface area contributed by atoms with Crippen LogP contribution < -0.4 is 0 Å². The van der Waals surface area contributed by atoms with E-state index in [1.807, 2.05) is 33.2 Å². The standard InChI is InChI=1S/C6H6N2S.C2H6/c1-5-7-4-6-8(5)2-3-9-6;1-2/h2-4H,1H3;1-2H3. The zero-order valence-electron chi connectivity index (χ0n) is 7.03. The van der Waals surface area contributed by atoms with Gasteiger partial charge in [0.05, 0.1) is 6.20 Å². The Balaban J connectivity index is 0.000000281. The van der Waals surface area contributed by atoms with E-state index in [1.165, 1.54) is 4.83 Å². The molecule has 0 spiro atoms. The molecule has 2 rings (SSSR count). The number of hydrogen-bond acceptors (Lipinski definition) is 2. The van der Waals surface area contributed by atoms with Gasteiger partial charge in [0.1, 0.15) is 10.7 Å². The van der Waals surface area contributed by atoms with Crippen LogP contribution >= 0.6 is 11.3 Å². The number of thiazole rings is 1. The molecular weight excluding hydrogens is 156 g/mol. The summed E-state index contributed by atoms with van der Waals surface area (Å²) < 4.78 is 2.07. The normalized spacial score (nSPS) is 9.36. The number of aromatic nitrogens is 2. The average molecular weight is 168 g/mol. The third-order valence-corrected chi connectivity index (χ3v) is 2.15. The van der Waals surface area contributed by atoms with Crippen molar-refractivity contribution < 1.29 is 0 Å². The maximum atomic E-state index is 4.13. The van der Waals surface area contributed by atoms with E-state index in [2.05, 4.69) is 14.8 Å². The maximum Gasteiger partial charge on any atom is 0.119 e. The van der Waals surface area contributed by atoms with Crippen molar-refractivity contribution in [2.45, 2.75) is 20.8 Å². The number of imidazole rings is 1. The highest BCUT2D eigenvalue weighted by molar-refractivity contribution is 7.15. The van der Waals surface area contributed by atoms with Gasteiger partial charge in [0, 0.05) is 11.6 Å². The SMILES string of the molecule is CC.Cc1ncc2sccn12. The van der Waals surface area contributed by atoms with Crippen molar-refractivity contribution >= 4 is 16.2 Å². The van der Waals surface area contributed by atoms with E-state index >= 15 is 0 Å². The summed E-state index contributed by atoms with van der Waals surface area (Å²) in [6, 6.07) is 0. The molecule has 0 aromatic carbocycles. The largest absolute Gasteiger partial charge is 0.295 e. The summed E-state index contributed by atoms with van der Waals surface area (Å²) in [5.74, 6) is 1.06. The zero-order chi connectivity index (χ0) is 8.27. The highest BCUT2D eigenvalue weighted by Crippen LogP contribution is 2.11. The van der Waals surface area contributed by atoms with Crippen LogP contribution in [-0.2, 0) is 0 Å². The van der Waals surface area contributed by atoms with Crippen molar-refractivity contribution in [3.63, 3.8) is 0 Å². The van der Waals surface area contributed by atoms with E-state index in [0.717, 1.165) is 5.82 Å². The Hall–Kier alpha value is -0.830. The van der Waals surface area contributed by atoms with Gasteiger partial charge in [-0.25, -0.2) is 4.98 Å². The minimum Gasteiger partial charge on any atom is -0.295 e. The quantitative estimate of drug-likeness (QED) is 0.591. The van der Waals surface area contributed by atoms with E-state index < -0.39 is 0 Å². The van der Waals surface area contributed by atoms with Gasteiger partial charge in [-0.05, 0) is 6.92 Å². The molecule has 0 aliphatic heterocycles. The van der Waals surface area contributed by atoms with Crippen molar-refractivity contribution in [1.82, 2.24) is 9.38 Å². The van der Waals surface area contributed by atoms with Crippen molar-refractivity contribution in [3.05, 3.63) is 23.6 Å². The third kappa shape index (κ3) is 1.43. The second-order valence-corrected chi connectivity index (χ2v) is 2.84. The van der Waals surface area contributed by atoms with Crippen LogP contribution in [0.1, 0.15) is 19.7 Å². The van der Waals surface area contributed by atoms with Gasteiger partial charge in [-0.15, -0.1) is 11.3 Å². The van der Waals surface area contributed by atoms with Crippen LogP contribution in [0.25, 0.3) is 4.83 Å². The predicted octanol–water partition coefficient (Wildman–Crippen LogP) is 2.73. The van der Waals surface area contributed by atoms with Crippen LogP contribution in [0.5, 0.6) is 0 Å². The van der Waals surface area contributed by atoms with Gasteiger partial charge in [-0.2, -0.15) is 0 Å². The topological polar surface area (TPSA) is 17.3 Å². The molecule has 0 radical (unpaired) electrons. The highest BCUT2D eigenvalue weighted by atomic mass is 32.1. The van der Waals surface area contributed by atoms with Gasteiger partial charge in [0.25, 0.3) is 0 Å². The molecule has 2 nitrogen and oxygen atoms in total. The fraction of sp³-hybridized carbons (Fsp3) is 0.375. The van der Waals surface area contributed by atoms with Gasteiger partial charge in [0.15, 0.2) is 0 Å². The van der Waals surface area contributed by atoms with Crippen LogP contribution in [-0.4, -0.2) is 9.38 Å². The fourth-order valence-corrected chi connectivity index (χ4v) is 1.60. The summed E-state index contributed by atoms with van der Waals surface area (Å²) in [6.07, 6.45) is 3.92. The number of rotatable bonds is 0. The molecule has 0 aliphatic rings. The minimum atomic E-state index is 1.06. The summed E-state index contributed by atoms with van der Waals surface area (Å²) in [4.78, 5) is 5.34. The Bertz CT molecular complexity index is 321. The zero-order valence-corrected chi connectivity index (χ0v) is 7.85. The minimum absolute atomic E-state index is 1.06. The maximum absolute atomic E-state index is 4.13. The summed E-state index contributed by atoms with van der Waals surface area (Å²) >= 11 is 1.71. The summed E-state index contributed by atoms with van der Waals surface area (Å²) in [5.41, 5.74) is 0. The van der Waals surface area contributed by atoms with Crippen LogP contribution in [0, 0.1) is 6.92 Å². The summed E-state index contributed by atoms with van der Waals surface area (Å²) in [7, 11) is 0. The highest BCUT2D eigenvalue weighted by Gasteiger charge is 1.95. The lowest BCUT2D eigenvalue weighted by atomic mass is 10.7. The molecule has 0 fully saturated rings. The number of aryl methyl sites for hydroxylation is 1. The number of hydrogen-bond donors (Lipinski definition) is 0. The first-order valence-electron chi connectivity index (χ1n) is 3.75. The molecule has 2 aromatic heterocycles. The van der Waals surface area contributed by atoms with E-state index in [4.69, 9.17) is 0 Å². The van der Waals surface area contributed by atoms with Crippen molar-refractivity contribution in [2.24, 2.45) is 0 Å². The first-order valence-corrected chi connectivity index (χ1v) is 4.63. The molecule has 3 heteroatoms. The van der Waals surface area contributed by atoms with Crippen molar-refractivity contribution in [1.29, 1.82) is 0 Å². The van der Waals surface area contributed by atoms with Gasteiger partial charge >= 0.3 is 0 Å². The molecule has 0 aliphatic carbocycles. The Morgan fingerprint density at radius 3 is 2.82 bits per heavy atom. The molecule has 60 valence electrons. The third-order valence-electron chi connectivity index (χ3n) is 1.35. The lowest BCUT2D eigenvalue weighted by Crippen LogP contribution is -1.79. The Morgan fingerprint density at radius 1 is 1.45 bits per heavy atom. The molecule has 0 unspecified atom stereocenters. The molecule has 2 heterocycles. The molecule has 0 bridgehead atoms. The molecule has 0 N–H and O–H groups in total. The second-order valence-electron chi connectivity index (χ2n) is 1.92. The van der Waals surface area contributed by atoms with Gasteiger partial charge in [-0.3, -0.25) is 4.40 Å². The van der Waals surface area contributed by atoms with Crippen LogP contribution in [0.4, 0.5) is 0 Å². The molecule has 11 heavy (non-hydrogen) atoms. The van der Waals surface area contributed by atoms with Crippen LogP contribution in [0.15, 0.2) is 17.8 Å². The smallest absolute Gasteiger partial charge is 0.119 e. The van der Waals surface area contributed by atoms with Crippen LogP contribution in [0.2, 0.25) is 0 Å². The monoisotopic (exact) mass is 168 g/mol. The summed E-state index contributed by atoms with van der Waals surface area (Å²) in [6.45, 7) is 6.00. The first kappa shape index (κ1) is 8.27. The van der Waals surface area contributed by atoms with E-state index in [-0.39, 0.29) is 0 Å². The van der Waals surface area contributed by atoms with E-state index in [0.29, 0.717) is 0 Å². The van der Waals surface area contributed by atoms with Gasteiger partial charge in [-0.1, -0.05) is 13.8 Å². The Labute approximate surface area is 70.5 Å². The lowest BCUT2D eigenvalue weighted by Gasteiger charge is -1.82. The van der Waals surface area contributed by atoms with Crippen LogP contribution in [0.3, 0.4) is 0 Å². The van der Waals surface area contributed by atoms with Crippen molar-refractivity contribution in [2.75, 3.05) is 0 Å². The molecular formula is C8H12N2S. The molecule has 2 aromatic rings. The van der Waals surface area contributed by atoms with Crippen molar-refractivity contribution in [3.8, 4) is 0 Å². The Morgan fingerprint density at radius 2 is 2.18 bits per heavy atom. The molecule has 0 saturated carbocycles. The molecule has 0 atom stereocenters. The Kier molecular flexibility index (Phi) is 2.65. The first-order chi connectivity index (χ1) is 5.38. The van der Waals surface area contributed by atoms with Gasteiger partial charge < -0.3 is 0 Å². The number of fused-ring (bicyclic) bond motifs is 1. The van der Waals surface area contributed by atoms with E-state index in [1.54, 1.807) is 11.3 Å². The lowest BCUT2D eigenvalue weighted by molar-refractivity contribution is 1.06. The fourth-order valence-electron chi connectivity index (χ4n) is 0.862. The number of nitrogens with zero attached hydrogens (tertiary/aromatic N) is 2. The average Bonchev–Trinajstić information content (AvgIpc) is 2.60. The van der Waals surface area contributed by atoms with Gasteiger partial charge in [0.2, 0.25) is 0 Å². The predicted molar refractivity (Wildman–Crippen MR) is 49.2 cm³/mol. The molecule has 0 saturated heterocycles. The van der Waals surface area contributed by atoms with E-state index in [9.17, 15) is 0 Å². The second kappa shape index (κ2) is 3.53.